The number of hydrogen-bond donors (Lipinski definition) is 0. The number of hydrogen-bond acceptors (Lipinski definition) is 7. The minimum atomic E-state index is -0.668. The molecule has 0 aliphatic carbocycles. The Morgan fingerprint density at radius 2 is 1.09 bits per heavy atom. The molecule has 0 amide bonds. The summed E-state index contributed by atoms with van der Waals surface area (Å²) < 4.78 is 30.6. The number of carbonyl (C=O) groups excluding carboxylic acids is 1. The highest BCUT2D eigenvalue weighted by Crippen LogP contribution is 1.88. The molecule has 7 heteroatoms. The Balaban J connectivity index is 3.01. The maximum atomic E-state index is 10.8. The largest absolute Gasteiger partial charge is 0.508 e. The molecule has 0 unspecified atom stereocenters. The van der Waals surface area contributed by atoms with Crippen molar-refractivity contribution in [3.63, 3.8) is 0 Å². The summed E-state index contributed by atoms with van der Waals surface area (Å²) in [5, 5.41) is 0. The molecule has 0 aliphatic heterocycles. The average Bonchev–Trinajstić information content (AvgIpc) is 2.51. The normalized spacial score (nSPS) is 10.6. The Bertz CT molecular complexity index is 236. The van der Waals surface area contributed by atoms with Crippen molar-refractivity contribution in [3.05, 3.63) is 0 Å². The van der Waals surface area contributed by atoms with Gasteiger partial charge in [0.25, 0.3) is 0 Å². The lowest BCUT2D eigenvalue weighted by Gasteiger charge is -2.07. The van der Waals surface area contributed by atoms with Crippen LogP contribution in [0.25, 0.3) is 0 Å². The zero-order chi connectivity index (χ0) is 16.3. The highest BCUT2D eigenvalue weighted by atomic mass is 16.7. The molecule has 0 saturated carbocycles. The number of rotatable bonds is 16. The van der Waals surface area contributed by atoms with Crippen LogP contribution < -0.4 is 0 Å². The molecule has 0 N–H and O–H groups in total. The topological polar surface area (TPSA) is 72.5 Å². The molecule has 0 bridgehead atoms. The summed E-state index contributed by atoms with van der Waals surface area (Å²) in [6.45, 7) is 8.69. The van der Waals surface area contributed by atoms with Gasteiger partial charge in [0, 0.05) is 6.61 Å². The summed E-state index contributed by atoms with van der Waals surface area (Å²) in [6.07, 6.45) is 1.57. The Morgan fingerprint density at radius 3 is 1.55 bits per heavy atom. The van der Waals surface area contributed by atoms with Gasteiger partial charge in [-0.05, 0) is 13.3 Å². The lowest BCUT2D eigenvalue weighted by Crippen LogP contribution is -2.15. The van der Waals surface area contributed by atoms with Crippen molar-refractivity contribution < 1.29 is 33.2 Å². The molecule has 0 heterocycles. The quantitative estimate of drug-likeness (QED) is 0.318. The molecule has 0 spiro atoms. The summed E-state index contributed by atoms with van der Waals surface area (Å²) in [5.41, 5.74) is 0. The summed E-state index contributed by atoms with van der Waals surface area (Å²) >= 11 is 0. The summed E-state index contributed by atoms with van der Waals surface area (Å²) in [4.78, 5) is 10.8. The van der Waals surface area contributed by atoms with Gasteiger partial charge in [-0.15, -0.1) is 0 Å². The summed E-state index contributed by atoms with van der Waals surface area (Å²) in [7, 11) is 0. The SMILES string of the molecule is CCCCOCCOCCOCCOCCOC(=O)OCC. The van der Waals surface area contributed by atoms with E-state index in [0.717, 1.165) is 19.4 Å². The van der Waals surface area contributed by atoms with Gasteiger partial charge < -0.3 is 28.4 Å². The van der Waals surface area contributed by atoms with Crippen molar-refractivity contribution in [3.8, 4) is 0 Å². The number of ether oxygens (including phenoxy) is 6. The minimum Gasteiger partial charge on any atom is -0.435 e. The predicted molar refractivity (Wildman–Crippen MR) is 81.2 cm³/mol. The van der Waals surface area contributed by atoms with Gasteiger partial charge in [-0.25, -0.2) is 4.79 Å². The Kier molecular flexibility index (Phi) is 17.4. The van der Waals surface area contributed by atoms with Crippen molar-refractivity contribution >= 4 is 6.16 Å². The van der Waals surface area contributed by atoms with Gasteiger partial charge in [0.05, 0.1) is 52.9 Å². The first-order valence-electron chi connectivity index (χ1n) is 7.91. The maximum absolute atomic E-state index is 10.8. The molecule has 0 saturated heterocycles. The fraction of sp³-hybridized carbons (Fsp3) is 0.933. The molecule has 0 radical (unpaired) electrons. The predicted octanol–water partition coefficient (Wildman–Crippen LogP) is 2.03. The zero-order valence-corrected chi connectivity index (χ0v) is 13.8. The Morgan fingerprint density at radius 1 is 0.636 bits per heavy atom. The third-order valence-corrected chi connectivity index (χ3v) is 2.47. The average molecular weight is 322 g/mol. The van der Waals surface area contributed by atoms with Crippen LogP contribution in [0.4, 0.5) is 4.79 Å². The molecule has 0 aromatic rings. The molecule has 7 nitrogen and oxygen atoms in total. The van der Waals surface area contributed by atoms with Crippen LogP contribution >= 0.6 is 0 Å². The van der Waals surface area contributed by atoms with E-state index < -0.39 is 6.16 Å². The standard InChI is InChI=1S/C15H30O7/c1-3-5-6-17-7-8-18-9-10-19-11-12-20-13-14-22-15(16)21-4-2/h3-14H2,1-2H3. The van der Waals surface area contributed by atoms with E-state index in [1.165, 1.54) is 0 Å². The molecule has 0 atom stereocenters. The molecular weight excluding hydrogens is 292 g/mol. The van der Waals surface area contributed by atoms with E-state index in [4.69, 9.17) is 23.7 Å². The molecule has 0 aromatic heterocycles. The monoisotopic (exact) mass is 322 g/mol. The van der Waals surface area contributed by atoms with Crippen LogP contribution in [0.1, 0.15) is 26.7 Å². The first-order valence-corrected chi connectivity index (χ1v) is 7.91. The van der Waals surface area contributed by atoms with Crippen LogP contribution in [-0.2, 0) is 28.4 Å². The fourth-order valence-electron chi connectivity index (χ4n) is 1.35. The second kappa shape index (κ2) is 18.2. The molecular formula is C15H30O7. The van der Waals surface area contributed by atoms with E-state index in [0.29, 0.717) is 52.9 Å². The summed E-state index contributed by atoms with van der Waals surface area (Å²) in [5.74, 6) is 0. The van der Waals surface area contributed by atoms with Crippen LogP contribution in [0.2, 0.25) is 0 Å². The molecule has 0 fully saturated rings. The maximum Gasteiger partial charge on any atom is 0.508 e. The Hall–Kier alpha value is -0.890. The third-order valence-electron chi connectivity index (χ3n) is 2.47. The lowest BCUT2D eigenvalue weighted by molar-refractivity contribution is -0.0110. The van der Waals surface area contributed by atoms with Crippen LogP contribution in [0.5, 0.6) is 0 Å². The number of unbranched alkanes of at least 4 members (excludes halogenated alkanes) is 1. The minimum absolute atomic E-state index is 0.181. The van der Waals surface area contributed by atoms with Gasteiger partial charge in [0.2, 0.25) is 0 Å². The molecule has 0 aliphatic rings. The van der Waals surface area contributed by atoms with Crippen molar-refractivity contribution in [1.82, 2.24) is 0 Å². The van der Waals surface area contributed by atoms with Crippen LogP contribution in [0.3, 0.4) is 0 Å². The zero-order valence-electron chi connectivity index (χ0n) is 13.8. The third kappa shape index (κ3) is 17.2. The van der Waals surface area contributed by atoms with Gasteiger partial charge in [-0.1, -0.05) is 13.3 Å². The fourth-order valence-corrected chi connectivity index (χ4v) is 1.35. The van der Waals surface area contributed by atoms with Crippen molar-refractivity contribution in [1.29, 1.82) is 0 Å². The highest BCUT2D eigenvalue weighted by molar-refractivity contribution is 5.59. The molecule has 132 valence electrons. The van der Waals surface area contributed by atoms with E-state index in [1.54, 1.807) is 6.92 Å². The summed E-state index contributed by atoms with van der Waals surface area (Å²) in [6, 6.07) is 0. The second-order valence-electron chi connectivity index (χ2n) is 4.33. The van der Waals surface area contributed by atoms with E-state index >= 15 is 0 Å². The van der Waals surface area contributed by atoms with Crippen molar-refractivity contribution in [2.24, 2.45) is 0 Å². The van der Waals surface area contributed by atoms with Gasteiger partial charge in [-0.3, -0.25) is 0 Å². The van der Waals surface area contributed by atoms with Crippen LogP contribution in [0.15, 0.2) is 0 Å². The molecule has 0 rings (SSSR count). The lowest BCUT2D eigenvalue weighted by atomic mass is 10.4. The molecule has 0 aromatic carbocycles. The van der Waals surface area contributed by atoms with E-state index in [-0.39, 0.29) is 6.61 Å². The highest BCUT2D eigenvalue weighted by Gasteiger charge is 2.00. The van der Waals surface area contributed by atoms with Gasteiger partial charge in [0.1, 0.15) is 6.61 Å². The first kappa shape index (κ1) is 21.1. The molecule has 22 heavy (non-hydrogen) atoms. The van der Waals surface area contributed by atoms with Gasteiger partial charge in [-0.2, -0.15) is 0 Å². The Labute approximate surface area is 133 Å². The second-order valence-corrected chi connectivity index (χ2v) is 4.33. The smallest absolute Gasteiger partial charge is 0.435 e. The van der Waals surface area contributed by atoms with E-state index in [2.05, 4.69) is 11.7 Å². The van der Waals surface area contributed by atoms with E-state index in [9.17, 15) is 4.79 Å². The van der Waals surface area contributed by atoms with Gasteiger partial charge in [0.15, 0.2) is 0 Å². The van der Waals surface area contributed by atoms with Crippen molar-refractivity contribution in [2.75, 3.05) is 66.1 Å². The van der Waals surface area contributed by atoms with E-state index in [1.807, 2.05) is 0 Å². The first-order chi connectivity index (χ1) is 10.8. The van der Waals surface area contributed by atoms with Crippen molar-refractivity contribution in [2.45, 2.75) is 26.7 Å². The number of carbonyl (C=O) groups is 1. The van der Waals surface area contributed by atoms with Crippen LogP contribution in [-0.4, -0.2) is 72.2 Å². The van der Waals surface area contributed by atoms with Crippen LogP contribution in [0, 0.1) is 0 Å². The van der Waals surface area contributed by atoms with Gasteiger partial charge >= 0.3 is 6.16 Å².